The predicted molar refractivity (Wildman–Crippen MR) is 104 cm³/mol. The first kappa shape index (κ1) is 20.1. The van der Waals surface area contributed by atoms with Crippen LogP contribution in [0.15, 0.2) is 24.3 Å². The molecule has 4 rings (SSSR count). The molecule has 1 aromatic carbocycles. The van der Waals surface area contributed by atoms with Crippen molar-refractivity contribution in [2.24, 2.45) is 11.8 Å². The van der Waals surface area contributed by atoms with Crippen LogP contribution in [0.25, 0.3) is 11.3 Å². The normalized spacial score (nSPS) is 24.1. The minimum atomic E-state index is -1.24. The molecule has 0 spiro atoms. The van der Waals surface area contributed by atoms with E-state index in [9.17, 15) is 13.2 Å². The van der Waals surface area contributed by atoms with Crippen molar-refractivity contribution in [3.63, 3.8) is 0 Å². The van der Waals surface area contributed by atoms with Crippen LogP contribution in [0.4, 0.5) is 19.0 Å². The van der Waals surface area contributed by atoms with Crippen LogP contribution in [0.1, 0.15) is 19.3 Å². The summed E-state index contributed by atoms with van der Waals surface area (Å²) in [5, 5.41) is 11.4. The molecule has 1 saturated heterocycles. The Morgan fingerprint density at radius 1 is 1.10 bits per heavy atom. The predicted octanol–water partition coefficient (Wildman–Crippen LogP) is 3.72. The van der Waals surface area contributed by atoms with Gasteiger partial charge in [-0.3, -0.25) is 0 Å². The molecule has 3 atom stereocenters. The SMILES string of the molecule is COCCCN1C[C@H]2C[C@@H](Nc3ccc(-c4cc(F)cc(F)c4F)nn3)C[C@H]2C1. The van der Waals surface area contributed by atoms with Gasteiger partial charge in [-0.25, -0.2) is 13.2 Å². The van der Waals surface area contributed by atoms with Crippen molar-refractivity contribution >= 4 is 5.82 Å². The van der Waals surface area contributed by atoms with Crippen LogP contribution >= 0.6 is 0 Å². The van der Waals surface area contributed by atoms with E-state index in [1.54, 1.807) is 13.2 Å². The van der Waals surface area contributed by atoms with Gasteiger partial charge < -0.3 is 15.0 Å². The molecule has 1 aliphatic heterocycles. The maximum atomic E-state index is 13.9. The number of nitrogens with zero attached hydrogens (tertiary/aromatic N) is 3. The summed E-state index contributed by atoms with van der Waals surface area (Å²) in [5.41, 5.74) is -0.132. The van der Waals surface area contributed by atoms with Crippen LogP contribution in [0.2, 0.25) is 0 Å². The Balaban J connectivity index is 1.33. The molecule has 0 radical (unpaired) electrons. The third-order valence-electron chi connectivity index (χ3n) is 5.93. The van der Waals surface area contributed by atoms with Crippen LogP contribution in [0, 0.1) is 29.3 Å². The molecule has 2 aromatic rings. The summed E-state index contributed by atoms with van der Waals surface area (Å²) in [6, 6.07) is 4.97. The first-order chi connectivity index (χ1) is 14.0. The zero-order chi connectivity index (χ0) is 20.4. The molecule has 5 nitrogen and oxygen atoms in total. The monoisotopic (exact) mass is 406 g/mol. The van der Waals surface area contributed by atoms with Crippen molar-refractivity contribution in [1.29, 1.82) is 0 Å². The highest BCUT2D eigenvalue weighted by Crippen LogP contribution is 2.39. The summed E-state index contributed by atoms with van der Waals surface area (Å²) in [6.45, 7) is 4.14. The van der Waals surface area contributed by atoms with Crippen molar-refractivity contribution in [2.75, 3.05) is 38.7 Å². The van der Waals surface area contributed by atoms with Gasteiger partial charge in [0.25, 0.3) is 0 Å². The van der Waals surface area contributed by atoms with Crippen molar-refractivity contribution in [2.45, 2.75) is 25.3 Å². The van der Waals surface area contributed by atoms with E-state index in [0.29, 0.717) is 29.8 Å². The molecule has 0 unspecified atom stereocenters. The quantitative estimate of drug-likeness (QED) is 0.561. The Morgan fingerprint density at radius 2 is 1.86 bits per heavy atom. The third kappa shape index (κ3) is 4.53. The minimum absolute atomic E-state index is 0.0986. The number of halogens is 3. The smallest absolute Gasteiger partial charge is 0.168 e. The molecule has 8 heteroatoms. The lowest BCUT2D eigenvalue weighted by Gasteiger charge is -2.19. The lowest BCUT2D eigenvalue weighted by Crippen LogP contribution is -2.26. The van der Waals surface area contributed by atoms with Crippen molar-refractivity contribution in [1.82, 2.24) is 15.1 Å². The number of benzene rings is 1. The Kier molecular flexibility index (Phi) is 6.01. The molecule has 2 aliphatic rings. The fourth-order valence-electron chi connectivity index (χ4n) is 4.63. The van der Waals surface area contributed by atoms with Gasteiger partial charge in [0.1, 0.15) is 11.6 Å². The molecule has 1 aromatic heterocycles. The Hall–Kier alpha value is -2.19. The second-order valence-electron chi connectivity index (χ2n) is 7.99. The van der Waals surface area contributed by atoms with Gasteiger partial charge in [0.15, 0.2) is 11.6 Å². The number of fused-ring (bicyclic) bond motifs is 1. The van der Waals surface area contributed by atoms with Crippen molar-refractivity contribution in [3.8, 4) is 11.3 Å². The molecule has 1 saturated carbocycles. The van der Waals surface area contributed by atoms with Gasteiger partial charge in [-0.2, -0.15) is 0 Å². The molecule has 0 amide bonds. The van der Waals surface area contributed by atoms with E-state index < -0.39 is 17.5 Å². The van der Waals surface area contributed by atoms with Crippen LogP contribution in [-0.4, -0.2) is 54.5 Å². The van der Waals surface area contributed by atoms with E-state index in [0.717, 1.165) is 51.6 Å². The minimum Gasteiger partial charge on any atom is -0.385 e. The van der Waals surface area contributed by atoms with E-state index in [2.05, 4.69) is 20.4 Å². The lowest BCUT2D eigenvalue weighted by molar-refractivity contribution is 0.177. The Labute approximate surface area is 168 Å². The third-order valence-corrected chi connectivity index (χ3v) is 5.93. The van der Waals surface area contributed by atoms with Gasteiger partial charge in [0, 0.05) is 51.0 Å². The number of ether oxygens (including phenoxy) is 1. The van der Waals surface area contributed by atoms with Crippen LogP contribution < -0.4 is 5.32 Å². The molecular weight excluding hydrogens is 381 g/mol. The topological polar surface area (TPSA) is 50.3 Å². The summed E-state index contributed by atoms with van der Waals surface area (Å²) < 4.78 is 45.9. The van der Waals surface area contributed by atoms with E-state index in [1.165, 1.54) is 6.07 Å². The largest absolute Gasteiger partial charge is 0.385 e. The molecular formula is C21H25F3N4O. The maximum absolute atomic E-state index is 13.9. The maximum Gasteiger partial charge on any atom is 0.168 e. The van der Waals surface area contributed by atoms with Crippen molar-refractivity contribution in [3.05, 3.63) is 41.7 Å². The average molecular weight is 406 g/mol. The van der Waals surface area contributed by atoms with Crippen molar-refractivity contribution < 1.29 is 17.9 Å². The zero-order valence-electron chi connectivity index (χ0n) is 16.4. The van der Waals surface area contributed by atoms with Gasteiger partial charge >= 0.3 is 0 Å². The summed E-state index contributed by atoms with van der Waals surface area (Å²) in [5.74, 6) is -1.25. The van der Waals surface area contributed by atoms with E-state index in [4.69, 9.17) is 4.74 Å². The van der Waals surface area contributed by atoms with Crippen LogP contribution in [0.3, 0.4) is 0 Å². The molecule has 1 N–H and O–H groups in total. The van der Waals surface area contributed by atoms with Gasteiger partial charge in [-0.15, -0.1) is 10.2 Å². The van der Waals surface area contributed by atoms with E-state index in [1.807, 2.05) is 0 Å². The van der Waals surface area contributed by atoms with E-state index in [-0.39, 0.29) is 11.3 Å². The molecule has 156 valence electrons. The average Bonchev–Trinajstić information content (AvgIpc) is 3.23. The summed E-state index contributed by atoms with van der Waals surface area (Å²) in [4.78, 5) is 2.52. The number of nitrogens with one attached hydrogen (secondary N) is 1. The molecule has 29 heavy (non-hydrogen) atoms. The zero-order valence-corrected chi connectivity index (χ0v) is 16.4. The summed E-state index contributed by atoms with van der Waals surface area (Å²) in [7, 11) is 1.73. The fraction of sp³-hybridized carbons (Fsp3) is 0.524. The number of rotatable bonds is 7. The van der Waals surface area contributed by atoms with Crippen LogP contribution in [-0.2, 0) is 4.74 Å². The number of anilines is 1. The molecule has 0 bridgehead atoms. The highest BCUT2D eigenvalue weighted by Gasteiger charge is 2.40. The molecule has 2 fully saturated rings. The molecule has 1 aliphatic carbocycles. The van der Waals surface area contributed by atoms with Crippen LogP contribution in [0.5, 0.6) is 0 Å². The number of likely N-dealkylation sites (tertiary alicyclic amines) is 1. The standard InChI is InChI=1S/C21H25F3N4O/c1-29-6-2-5-28-11-13-7-16(8-14(13)12-28)25-20-4-3-19(26-27-20)17-9-15(22)10-18(23)21(17)24/h3-4,9-10,13-14,16H,2,5-8,11-12H2,1H3,(H,25,27)/t13-,14+,16-. The number of hydrogen-bond acceptors (Lipinski definition) is 5. The number of methoxy groups -OCH3 is 1. The fourth-order valence-corrected chi connectivity index (χ4v) is 4.63. The second-order valence-corrected chi connectivity index (χ2v) is 7.99. The van der Waals surface area contributed by atoms with Gasteiger partial charge in [0.2, 0.25) is 0 Å². The summed E-state index contributed by atoms with van der Waals surface area (Å²) in [6.07, 6.45) is 3.23. The number of hydrogen-bond donors (Lipinski definition) is 1. The Bertz CT molecular complexity index is 835. The first-order valence-corrected chi connectivity index (χ1v) is 10.00. The highest BCUT2D eigenvalue weighted by molar-refractivity contribution is 5.60. The van der Waals surface area contributed by atoms with Gasteiger partial charge in [-0.1, -0.05) is 0 Å². The Morgan fingerprint density at radius 3 is 2.52 bits per heavy atom. The summed E-state index contributed by atoms with van der Waals surface area (Å²) >= 11 is 0. The molecule has 2 heterocycles. The highest BCUT2D eigenvalue weighted by atomic mass is 19.2. The van der Waals surface area contributed by atoms with Gasteiger partial charge in [0.05, 0.1) is 5.69 Å². The first-order valence-electron chi connectivity index (χ1n) is 10.00. The van der Waals surface area contributed by atoms with E-state index >= 15 is 0 Å². The second kappa shape index (κ2) is 8.67. The lowest BCUT2D eigenvalue weighted by atomic mass is 10.0. The van der Waals surface area contributed by atoms with Gasteiger partial charge in [-0.05, 0) is 49.3 Å². The number of aromatic nitrogens is 2.